The maximum atomic E-state index is 13.1. The van der Waals surface area contributed by atoms with Gasteiger partial charge in [0.05, 0.1) is 26.4 Å². The quantitative estimate of drug-likeness (QED) is 0.0169. The predicted octanol–water partition coefficient (Wildman–Crippen LogP) is 23.9. The van der Waals surface area contributed by atoms with Gasteiger partial charge in [0.1, 0.15) is 19.3 Å². The van der Waals surface area contributed by atoms with Crippen LogP contribution in [-0.2, 0) is 65.4 Å². The van der Waals surface area contributed by atoms with Gasteiger partial charge in [0.15, 0.2) is 12.2 Å². The Hall–Kier alpha value is -4.54. The number of phosphoric acid groups is 2. The second-order valence-electron chi connectivity index (χ2n) is 27.0. The van der Waals surface area contributed by atoms with E-state index in [4.69, 9.17) is 37.0 Å². The number of carbonyl (C=O) groups is 4. The number of carbonyl (C=O) groups excluding carboxylic acids is 4. The molecule has 0 aliphatic rings. The monoisotopic (exact) mass is 1500 g/mol. The van der Waals surface area contributed by atoms with Gasteiger partial charge < -0.3 is 33.8 Å². The summed E-state index contributed by atoms with van der Waals surface area (Å²) in [6, 6.07) is 0. The van der Waals surface area contributed by atoms with E-state index in [0.29, 0.717) is 32.1 Å². The Bertz CT molecular complexity index is 2440. The van der Waals surface area contributed by atoms with Crippen LogP contribution < -0.4 is 0 Å². The van der Waals surface area contributed by atoms with Gasteiger partial charge in [-0.15, -0.1) is 0 Å². The van der Waals surface area contributed by atoms with Gasteiger partial charge >= 0.3 is 39.5 Å². The van der Waals surface area contributed by atoms with Gasteiger partial charge in [-0.2, -0.15) is 0 Å². The van der Waals surface area contributed by atoms with Crippen molar-refractivity contribution in [1.29, 1.82) is 0 Å². The molecule has 0 saturated heterocycles. The number of unbranched alkanes of at least 4 members (excludes halogenated alkanes) is 30. The molecule has 19 heteroatoms. The lowest BCUT2D eigenvalue weighted by molar-refractivity contribution is -0.161. The number of hydrogen-bond donors (Lipinski definition) is 3. The van der Waals surface area contributed by atoms with Crippen LogP contribution in [0, 0.1) is 0 Å². The molecule has 0 aromatic rings. The fourth-order valence-corrected chi connectivity index (χ4v) is 12.3. The highest BCUT2D eigenvalue weighted by molar-refractivity contribution is 7.47. The topological polar surface area (TPSA) is 237 Å². The lowest BCUT2D eigenvalue weighted by Gasteiger charge is -2.21. The van der Waals surface area contributed by atoms with Gasteiger partial charge in [0, 0.05) is 25.7 Å². The summed E-state index contributed by atoms with van der Waals surface area (Å²) in [5.74, 6) is -2.29. The summed E-state index contributed by atoms with van der Waals surface area (Å²) in [5.41, 5.74) is 0. The Balaban J connectivity index is 5.44. The highest BCUT2D eigenvalue weighted by Crippen LogP contribution is 2.45. The number of esters is 4. The average molecular weight is 1500 g/mol. The third-order valence-corrected chi connectivity index (χ3v) is 18.8. The third-order valence-electron chi connectivity index (χ3n) is 16.9. The van der Waals surface area contributed by atoms with E-state index in [0.717, 1.165) is 148 Å². The van der Waals surface area contributed by atoms with Gasteiger partial charge in [-0.3, -0.25) is 37.3 Å². The SMILES string of the molecule is CC/C=C\C/C=C\C/C=C\C/C=C\C/C=C\C/C=C\CCC(=O)OC[C@H](COP(=O)(O)OC[C@@H](O)COP(=O)(O)OC[C@@H](COC(=O)CCCCCCC/C=C\C/C=C\CCCCC)OC(=O)CCCCCCC/C=C\C/C=C\CCCCC)OC(=O)CCCCCCCCCCCCCCCCC. The molecule has 0 spiro atoms. The third kappa shape index (κ3) is 75.7. The minimum Gasteiger partial charge on any atom is -0.462 e. The molecule has 0 radical (unpaired) electrons. The molecule has 5 atom stereocenters. The van der Waals surface area contributed by atoms with E-state index in [-0.39, 0.29) is 25.7 Å². The zero-order valence-corrected chi connectivity index (χ0v) is 67.2. The van der Waals surface area contributed by atoms with Crippen LogP contribution in [0.4, 0.5) is 0 Å². The molecule has 0 fully saturated rings. The van der Waals surface area contributed by atoms with Crippen LogP contribution in [0.3, 0.4) is 0 Å². The fourth-order valence-electron chi connectivity index (χ4n) is 10.7. The summed E-state index contributed by atoms with van der Waals surface area (Å²) in [6.07, 6.45) is 84.7. The Labute approximate surface area is 632 Å². The zero-order valence-electron chi connectivity index (χ0n) is 65.4. The van der Waals surface area contributed by atoms with Gasteiger partial charge in [-0.25, -0.2) is 9.13 Å². The number of hydrogen-bond acceptors (Lipinski definition) is 15. The molecule has 2 unspecified atom stereocenters. The van der Waals surface area contributed by atoms with Gasteiger partial charge in [-0.05, 0) is 128 Å². The van der Waals surface area contributed by atoms with Crippen molar-refractivity contribution in [1.82, 2.24) is 0 Å². The fraction of sp³-hybridized carbons (Fsp3) is 0.718. The van der Waals surface area contributed by atoms with E-state index in [1.165, 1.54) is 103 Å². The molecule has 0 aliphatic heterocycles. The highest BCUT2D eigenvalue weighted by atomic mass is 31.2. The average Bonchev–Trinajstić information content (AvgIpc) is 0.918. The molecule has 0 amide bonds. The molecule has 0 rings (SSSR count). The predicted molar refractivity (Wildman–Crippen MR) is 427 cm³/mol. The van der Waals surface area contributed by atoms with Crippen molar-refractivity contribution in [3.63, 3.8) is 0 Å². The van der Waals surface area contributed by atoms with Crippen LogP contribution in [0.1, 0.15) is 336 Å². The molecule has 0 aliphatic carbocycles. The number of rotatable bonds is 76. The molecule has 3 N–H and O–H groups in total. The van der Waals surface area contributed by atoms with Crippen LogP contribution in [0.15, 0.2) is 122 Å². The van der Waals surface area contributed by atoms with Gasteiger partial charge in [-0.1, -0.05) is 303 Å². The van der Waals surface area contributed by atoms with Crippen molar-refractivity contribution in [3.8, 4) is 0 Å². The number of allylic oxidation sites excluding steroid dienone is 20. The molecule has 17 nitrogen and oxygen atoms in total. The summed E-state index contributed by atoms with van der Waals surface area (Å²) in [5, 5.41) is 10.6. The maximum absolute atomic E-state index is 13.1. The molecule has 0 saturated carbocycles. The molecule has 0 bridgehead atoms. The Morgan fingerprint density at radius 1 is 0.279 bits per heavy atom. The van der Waals surface area contributed by atoms with Crippen LogP contribution in [-0.4, -0.2) is 96.7 Å². The second-order valence-corrected chi connectivity index (χ2v) is 29.9. The van der Waals surface area contributed by atoms with Crippen LogP contribution in [0.2, 0.25) is 0 Å². The number of aliphatic hydroxyl groups is 1. The molecular weight excluding hydrogens is 1350 g/mol. The Morgan fingerprint density at radius 3 is 0.846 bits per heavy atom. The van der Waals surface area contributed by atoms with Crippen molar-refractivity contribution in [2.45, 2.75) is 354 Å². The molecule has 598 valence electrons. The standard InChI is InChI=1S/C85H146O17P2/c1-5-9-13-17-21-25-29-33-37-38-39-40-44-46-50-54-58-62-66-70-83(88)96-76-81(102-85(90)72-68-64-60-56-52-48-43-36-32-28-24-20-16-12-8-4)78-100-104(93,94)98-74-79(86)73-97-103(91,92)99-77-80(101-84(89)71-67-63-59-55-51-47-42-35-31-27-23-19-15-11-7-3)75-95-82(87)69-65-61-57-53-49-45-41-34-30-26-22-18-14-10-6-2/h9,13,21-23,25-27,33-35,37,39-42,46,50,58,62,79-81,86H,5-8,10-12,14-20,24,28-32,36,38,43-45,47-49,51-57,59-61,63-78H2,1-4H3,(H,91,92)(H,93,94)/b13-9-,25-21-,26-22-,27-23-,37-33-,40-39-,41-34-,42-35-,50-46-,62-58-/t79-,80+,81+/m0/s1. The Kier molecular flexibility index (Phi) is 73.3. The molecule has 0 aromatic heterocycles. The first kappa shape index (κ1) is 99.5. The smallest absolute Gasteiger partial charge is 0.462 e. The molecule has 104 heavy (non-hydrogen) atoms. The first-order valence-corrected chi connectivity index (χ1v) is 43.8. The van der Waals surface area contributed by atoms with E-state index >= 15 is 0 Å². The highest BCUT2D eigenvalue weighted by Gasteiger charge is 2.30. The van der Waals surface area contributed by atoms with E-state index < -0.39 is 97.5 Å². The minimum absolute atomic E-state index is 0.0359. The largest absolute Gasteiger partial charge is 0.472 e. The summed E-state index contributed by atoms with van der Waals surface area (Å²) < 4.78 is 68.6. The second kappa shape index (κ2) is 76.6. The summed E-state index contributed by atoms with van der Waals surface area (Å²) >= 11 is 0. The Morgan fingerprint density at radius 2 is 0.519 bits per heavy atom. The van der Waals surface area contributed by atoms with Crippen LogP contribution in [0.25, 0.3) is 0 Å². The van der Waals surface area contributed by atoms with Crippen molar-refractivity contribution < 1.29 is 80.2 Å². The van der Waals surface area contributed by atoms with E-state index in [1.54, 1.807) is 0 Å². The van der Waals surface area contributed by atoms with Gasteiger partial charge in [0.2, 0.25) is 0 Å². The maximum Gasteiger partial charge on any atom is 0.472 e. The summed E-state index contributed by atoms with van der Waals surface area (Å²) in [4.78, 5) is 73.0. The molecule has 0 aromatic carbocycles. The van der Waals surface area contributed by atoms with E-state index in [9.17, 15) is 43.2 Å². The normalized spacial score (nSPS) is 14.5. The van der Waals surface area contributed by atoms with Gasteiger partial charge in [0.25, 0.3) is 0 Å². The molecular formula is C85H146O17P2. The number of aliphatic hydroxyl groups excluding tert-OH is 1. The molecule has 0 heterocycles. The van der Waals surface area contributed by atoms with Crippen LogP contribution in [0.5, 0.6) is 0 Å². The van der Waals surface area contributed by atoms with Crippen molar-refractivity contribution >= 4 is 39.5 Å². The minimum atomic E-state index is -5.00. The lowest BCUT2D eigenvalue weighted by Crippen LogP contribution is -2.30. The first-order chi connectivity index (χ1) is 50.7. The van der Waals surface area contributed by atoms with Crippen molar-refractivity contribution in [3.05, 3.63) is 122 Å². The van der Waals surface area contributed by atoms with Crippen molar-refractivity contribution in [2.24, 2.45) is 0 Å². The van der Waals surface area contributed by atoms with E-state index in [2.05, 4.69) is 131 Å². The zero-order chi connectivity index (χ0) is 76.0. The first-order valence-electron chi connectivity index (χ1n) is 40.8. The number of phosphoric ester groups is 2. The summed E-state index contributed by atoms with van der Waals surface area (Å²) in [7, 11) is -9.98. The van der Waals surface area contributed by atoms with Crippen LogP contribution >= 0.6 is 15.6 Å². The number of ether oxygens (including phenoxy) is 4. The van der Waals surface area contributed by atoms with Crippen molar-refractivity contribution in [2.75, 3.05) is 39.6 Å². The lowest BCUT2D eigenvalue weighted by atomic mass is 10.0. The summed E-state index contributed by atoms with van der Waals surface area (Å²) in [6.45, 7) is 4.63. The van der Waals surface area contributed by atoms with E-state index in [1.807, 2.05) is 18.2 Å².